The maximum Gasteiger partial charge on any atom is 0.273 e. The average molecular weight is 407 g/mol. The number of benzene rings is 2. The van der Waals surface area contributed by atoms with Gasteiger partial charge in [0.05, 0.1) is 12.6 Å². The quantitative estimate of drug-likeness (QED) is 0.558. The van der Waals surface area contributed by atoms with Crippen LogP contribution in [0.1, 0.15) is 53.3 Å². The Morgan fingerprint density at radius 2 is 1.90 bits per heavy atom. The van der Waals surface area contributed by atoms with E-state index in [0.717, 1.165) is 12.1 Å². The molecule has 30 heavy (non-hydrogen) atoms. The highest BCUT2D eigenvalue weighted by Crippen LogP contribution is 2.31. The molecule has 1 aliphatic rings. The van der Waals surface area contributed by atoms with E-state index in [9.17, 15) is 9.18 Å². The molecule has 1 heterocycles. The van der Waals surface area contributed by atoms with Crippen molar-refractivity contribution in [2.75, 3.05) is 6.54 Å². The van der Waals surface area contributed by atoms with Gasteiger partial charge in [0.1, 0.15) is 12.1 Å². The molecule has 1 saturated carbocycles. The molecule has 2 aromatic carbocycles. The smallest absolute Gasteiger partial charge is 0.273 e. The van der Waals surface area contributed by atoms with Crippen LogP contribution in [0.25, 0.3) is 0 Å². The minimum Gasteiger partial charge on any atom is -0.447 e. The Kier molecular flexibility index (Phi) is 6.23. The number of amides is 1. The van der Waals surface area contributed by atoms with Gasteiger partial charge >= 0.3 is 0 Å². The van der Waals surface area contributed by atoms with Crippen LogP contribution in [0, 0.1) is 11.7 Å². The number of nitrogens with zero attached hydrogens (tertiary/aromatic N) is 2. The standard InChI is InChI=1S/C24H26FN3O2/c1-17(19-7-3-2-4-8-19)26-24(29)22-16-30-23(27-22)15-28(13-18-11-12-18)14-20-9-5-6-10-21(20)25/h2-10,16-18H,11-15H2,1H3,(H,26,29). The van der Waals surface area contributed by atoms with Gasteiger partial charge in [0.15, 0.2) is 5.69 Å². The molecule has 4 rings (SSSR count). The van der Waals surface area contributed by atoms with Gasteiger partial charge in [-0.3, -0.25) is 9.69 Å². The Morgan fingerprint density at radius 1 is 1.17 bits per heavy atom. The molecular weight excluding hydrogens is 381 g/mol. The molecule has 1 amide bonds. The van der Waals surface area contributed by atoms with Gasteiger partial charge in [-0.15, -0.1) is 0 Å². The summed E-state index contributed by atoms with van der Waals surface area (Å²) in [5.74, 6) is 0.621. The molecule has 1 unspecified atom stereocenters. The van der Waals surface area contributed by atoms with Crippen molar-refractivity contribution in [1.82, 2.24) is 15.2 Å². The van der Waals surface area contributed by atoms with Crippen molar-refractivity contribution in [3.8, 4) is 0 Å². The summed E-state index contributed by atoms with van der Waals surface area (Å²) < 4.78 is 19.7. The fraction of sp³-hybridized carbons (Fsp3) is 0.333. The normalized spacial score (nSPS) is 14.6. The first-order valence-electron chi connectivity index (χ1n) is 10.3. The highest BCUT2D eigenvalue weighted by molar-refractivity contribution is 5.92. The van der Waals surface area contributed by atoms with E-state index in [1.807, 2.05) is 43.3 Å². The van der Waals surface area contributed by atoms with Gasteiger partial charge in [-0.1, -0.05) is 48.5 Å². The van der Waals surface area contributed by atoms with Gasteiger partial charge in [0, 0.05) is 18.7 Å². The van der Waals surface area contributed by atoms with E-state index in [1.54, 1.807) is 12.1 Å². The summed E-state index contributed by atoms with van der Waals surface area (Å²) in [6.45, 7) is 3.72. The molecule has 0 radical (unpaired) electrons. The van der Waals surface area contributed by atoms with Crippen LogP contribution in [-0.2, 0) is 13.1 Å². The second-order valence-corrected chi connectivity index (χ2v) is 7.94. The minimum atomic E-state index is -0.274. The molecule has 1 N–H and O–H groups in total. The van der Waals surface area contributed by atoms with Gasteiger partial charge < -0.3 is 9.73 Å². The van der Waals surface area contributed by atoms with Gasteiger partial charge in [-0.25, -0.2) is 9.37 Å². The molecule has 156 valence electrons. The van der Waals surface area contributed by atoms with Crippen molar-refractivity contribution in [3.63, 3.8) is 0 Å². The van der Waals surface area contributed by atoms with E-state index < -0.39 is 0 Å². The number of nitrogens with one attached hydrogen (secondary N) is 1. The number of hydrogen-bond donors (Lipinski definition) is 1. The molecule has 0 bridgehead atoms. The lowest BCUT2D eigenvalue weighted by Gasteiger charge is -2.21. The monoisotopic (exact) mass is 407 g/mol. The number of hydrogen-bond acceptors (Lipinski definition) is 4. The van der Waals surface area contributed by atoms with Crippen molar-refractivity contribution in [2.24, 2.45) is 5.92 Å². The lowest BCUT2D eigenvalue weighted by Crippen LogP contribution is -2.27. The second kappa shape index (κ2) is 9.22. The Labute approximate surface area is 175 Å². The van der Waals surface area contributed by atoms with Gasteiger partial charge in [-0.2, -0.15) is 0 Å². The largest absolute Gasteiger partial charge is 0.447 e. The van der Waals surface area contributed by atoms with E-state index in [0.29, 0.717) is 30.5 Å². The van der Waals surface area contributed by atoms with Crippen molar-refractivity contribution in [1.29, 1.82) is 0 Å². The number of carbonyl (C=O) groups excluding carboxylic acids is 1. The molecule has 0 aliphatic heterocycles. The Morgan fingerprint density at radius 3 is 2.63 bits per heavy atom. The zero-order valence-electron chi connectivity index (χ0n) is 17.1. The van der Waals surface area contributed by atoms with Crippen LogP contribution in [-0.4, -0.2) is 22.3 Å². The number of halogens is 1. The lowest BCUT2D eigenvalue weighted by atomic mass is 10.1. The average Bonchev–Trinajstić information content (AvgIpc) is 3.44. The summed E-state index contributed by atoms with van der Waals surface area (Å²) in [6, 6.07) is 16.4. The molecule has 0 spiro atoms. The van der Waals surface area contributed by atoms with E-state index in [1.165, 1.54) is 25.2 Å². The summed E-state index contributed by atoms with van der Waals surface area (Å²) >= 11 is 0. The maximum absolute atomic E-state index is 14.1. The predicted octanol–water partition coefficient (Wildman–Crippen LogP) is 4.72. The van der Waals surface area contributed by atoms with Crippen LogP contribution in [0.5, 0.6) is 0 Å². The minimum absolute atomic E-state index is 0.133. The van der Waals surface area contributed by atoms with Crippen molar-refractivity contribution in [3.05, 3.63) is 89.4 Å². The number of oxazole rings is 1. The molecule has 5 nitrogen and oxygen atoms in total. The first-order chi connectivity index (χ1) is 14.6. The molecule has 6 heteroatoms. The molecule has 1 atom stereocenters. The fourth-order valence-electron chi connectivity index (χ4n) is 3.49. The van der Waals surface area contributed by atoms with Gasteiger partial charge in [0.25, 0.3) is 5.91 Å². The van der Waals surface area contributed by atoms with E-state index >= 15 is 0 Å². The van der Waals surface area contributed by atoms with Crippen molar-refractivity contribution in [2.45, 2.75) is 38.9 Å². The molecule has 0 saturated heterocycles. The van der Waals surface area contributed by atoms with Gasteiger partial charge in [0.2, 0.25) is 5.89 Å². The first-order valence-corrected chi connectivity index (χ1v) is 10.3. The summed E-state index contributed by atoms with van der Waals surface area (Å²) in [6.07, 6.45) is 3.79. The SMILES string of the molecule is CC(NC(=O)c1coc(CN(Cc2ccccc2F)CC2CC2)n1)c1ccccc1. The second-order valence-electron chi connectivity index (χ2n) is 7.94. The van der Waals surface area contributed by atoms with Crippen molar-refractivity contribution < 1.29 is 13.6 Å². The molecular formula is C24H26FN3O2. The Bertz CT molecular complexity index is 985. The Balaban J connectivity index is 1.40. The fourth-order valence-corrected chi connectivity index (χ4v) is 3.49. The van der Waals surface area contributed by atoms with E-state index in [4.69, 9.17) is 4.42 Å². The molecule has 3 aromatic rings. The topological polar surface area (TPSA) is 58.4 Å². The molecule has 1 fully saturated rings. The van der Waals surface area contributed by atoms with Crippen LogP contribution in [0.4, 0.5) is 4.39 Å². The third kappa shape index (κ3) is 5.33. The Hall–Kier alpha value is -2.99. The van der Waals surface area contributed by atoms with Crippen LogP contribution >= 0.6 is 0 Å². The van der Waals surface area contributed by atoms with Crippen LogP contribution in [0.3, 0.4) is 0 Å². The first kappa shape index (κ1) is 20.3. The van der Waals surface area contributed by atoms with Crippen LogP contribution in [0.2, 0.25) is 0 Å². The highest BCUT2D eigenvalue weighted by atomic mass is 19.1. The molecule has 1 aliphatic carbocycles. The van der Waals surface area contributed by atoms with Crippen molar-refractivity contribution >= 4 is 5.91 Å². The van der Waals surface area contributed by atoms with E-state index in [-0.39, 0.29) is 23.5 Å². The van der Waals surface area contributed by atoms with E-state index in [2.05, 4.69) is 15.2 Å². The summed E-state index contributed by atoms with van der Waals surface area (Å²) in [4.78, 5) is 19.1. The summed E-state index contributed by atoms with van der Waals surface area (Å²) in [5.41, 5.74) is 1.93. The lowest BCUT2D eigenvalue weighted by molar-refractivity contribution is 0.0934. The maximum atomic E-state index is 14.1. The predicted molar refractivity (Wildman–Crippen MR) is 112 cm³/mol. The zero-order chi connectivity index (χ0) is 20.9. The summed E-state index contributed by atoms with van der Waals surface area (Å²) in [5, 5.41) is 2.94. The van der Waals surface area contributed by atoms with Crippen LogP contribution in [0.15, 0.2) is 65.3 Å². The number of carbonyl (C=O) groups is 1. The third-order valence-electron chi connectivity index (χ3n) is 5.36. The number of aromatic nitrogens is 1. The summed E-state index contributed by atoms with van der Waals surface area (Å²) in [7, 11) is 0. The third-order valence-corrected chi connectivity index (χ3v) is 5.36. The molecule has 1 aromatic heterocycles. The zero-order valence-corrected chi connectivity index (χ0v) is 17.1. The highest BCUT2D eigenvalue weighted by Gasteiger charge is 2.26. The number of rotatable bonds is 9. The van der Waals surface area contributed by atoms with Crippen LogP contribution < -0.4 is 5.32 Å². The van der Waals surface area contributed by atoms with Gasteiger partial charge in [-0.05, 0) is 37.3 Å².